The topological polar surface area (TPSA) is 79.5 Å². The van der Waals surface area contributed by atoms with Crippen LogP contribution in [0.4, 0.5) is 19.7 Å². The van der Waals surface area contributed by atoms with Crippen LogP contribution in [-0.4, -0.2) is 30.8 Å². The number of hydrogen-bond donors (Lipinski definition) is 3. The first-order chi connectivity index (χ1) is 10.2. The average molecular weight is 332 g/mol. The maximum atomic E-state index is 13.0. The predicted octanol–water partition coefficient (Wildman–Crippen LogP) is 3.13. The SMILES string of the molecule is CC(C)(C)OC(=O)NCCNC(=O)Nc1ccc(F)c(Cl)c1. The van der Waals surface area contributed by atoms with Crippen LogP contribution in [0.2, 0.25) is 5.02 Å². The van der Waals surface area contributed by atoms with Gasteiger partial charge in [-0.2, -0.15) is 0 Å². The van der Waals surface area contributed by atoms with Crippen LogP contribution >= 0.6 is 11.6 Å². The highest BCUT2D eigenvalue weighted by molar-refractivity contribution is 6.31. The zero-order valence-electron chi connectivity index (χ0n) is 12.6. The lowest BCUT2D eigenvalue weighted by atomic mass is 10.2. The third-order valence-electron chi connectivity index (χ3n) is 2.26. The molecule has 0 fully saturated rings. The first-order valence-corrected chi connectivity index (χ1v) is 7.02. The lowest BCUT2D eigenvalue weighted by Crippen LogP contribution is -2.39. The van der Waals surface area contributed by atoms with E-state index in [0.29, 0.717) is 5.69 Å². The van der Waals surface area contributed by atoms with Gasteiger partial charge in [0.1, 0.15) is 11.4 Å². The van der Waals surface area contributed by atoms with Crippen molar-refractivity contribution in [2.24, 2.45) is 0 Å². The number of amides is 3. The summed E-state index contributed by atoms with van der Waals surface area (Å²) < 4.78 is 18.0. The number of ether oxygens (including phenoxy) is 1. The molecule has 0 saturated carbocycles. The van der Waals surface area contributed by atoms with Gasteiger partial charge in [0.25, 0.3) is 0 Å². The molecule has 0 aromatic heterocycles. The van der Waals surface area contributed by atoms with Gasteiger partial charge in [-0.25, -0.2) is 14.0 Å². The smallest absolute Gasteiger partial charge is 0.407 e. The second-order valence-electron chi connectivity index (χ2n) is 5.44. The molecule has 0 aliphatic rings. The normalized spacial score (nSPS) is 10.8. The van der Waals surface area contributed by atoms with Crippen LogP contribution in [0.15, 0.2) is 18.2 Å². The van der Waals surface area contributed by atoms with Gasteiger partial charge in [0, 0.05) is 18.8 Å². The fourth-order valence-electron chi connectivity index (χ4n) is 1.40. The fourth-order valence-corrected chi connectivity index (χ4v) is 1.58. The van der Waals surface area contributed by atoms with Crippen LogP contribution < -0.4 is 16.0 Å². The minimum absolute atomic E-state index is 0.0793. The molecule has 0 aliphatic heterocycles. The molecular formula is C14H19ClFN3O3. The molecule has 0 saturated heterocycles. The van der Waals surface area contributed by atoms with E-state index in [1.54, 1.807) is 20.8 Å². The van der Waals surface area contributed by atoms with Gasteiger partial charge in [-0.3, -0.25) is 0 Å². The van der Waals surface area contributed by atoms with Crippen molar-refractivity contribution in [2.45, 2.75) is 26.4 Å². The number of carbonyl (C=O) groups is 2. The second-order valence-corrected chi connectivity index (χ2v) is 5.85. The van der Waals surface area contributed by atoms with Gasteiger partial charge in [0.15, 0.2) is 0 Å². The van der Waals surface area contributed by atoms with Crippen LogP contribution in [0, 0.1) is 5.82 Å². The highest BCUT2D eigenvalue weighted by atomic mass is 35.5. The number of hydrogen-bond acceptors (Lipinski definition) is 3. The first kappa shape index (κ1) is 18.0. The van der Waals surface area contributed by atoms with Crippen molar-refractivity contribution >= 4 is 29.4 Å². The molecular weight excluding hydrogens is 313 g/mol. The van der Waals surface area contributed by atoms with Crippen molar-refractivity contribution in [3.63, 3.8) is 0 Å². The Hall–Kier alpha value is -2.02. The summed E-state index contributed by atoms with van der Waals surface area (Å²) in [6, 6.07) is 3.35. The van der Waals surface area contributed by atoms with Gasteiger partial charge in [0.05, 0.1) is 5.02 Å². The zero-order valence-corrected chi connectivity index (χ0v) is 13.4. The van der Waals surface area contributed by atoms with E-state index in [9.17, 15) is 14.0 Å². The van der Waals surface area contributed by atoms with Gasteiger partial charge in [-0.05, 0) is 39.0 Å². The molecule has 1 aromatic carbocycles. The molecule has 0 aliphatic carbocycles. The summed E-state index contributed by atoms with van der Waals surface area (Å²) in [6.07, 6.45) is -0.556. The van der Waals surface area contributed by atoms with Gasteiger partial charge in [-0.1, -0.05) is 11.6 Å². The number of benzene rings is 1. The lowest BCUT2D eigenvalue weighted by molar-refractivity contribution is 0.0528. The van der Waals surface area contributed by atoms with Crippen molar-refractivity contribution in [3.05, 3.63) is 29.0 Å². The molecule has 0 spiro atoms. The molecule has 0 radical (unpaired) electrons. The standard InChI is InChI=1S/C14H19ClFN3O3/c1-14(2,3)22-13(21)18-7-6-17-12(20)19-9-4-5-11(16)10(15)8-9/h4-5,8H,6-7H2,1-3H3,(H,18,21)(H2,17,19,20). The summed E-state index contributed by atoms with van der Waals surface area (Å²) in [4.78, 5) is 22.9. The minimum atomic E-state index is -0.573. The monoisotopic (exact) mass is 331 g/mol. The molecule has 1 aromatic rings. The Morgan fingerprint density at radius 2 is 1.86 bits per heavy atom. The molecule has 0 unspecified atom stereocenters. The number of anilines is 1. The first-order valence-electron chi connectivity index (χ1n) is 6.64. The number of halogens is 2. The number of urea groups is 1. The van der Waals surface area contributed by atoms with E-state index in [4.69, 9.17) is 16.3 Å². The van der Waals surface area contributed by atoms with Gasteiger partial charge in [-0.15, -0.1) is 0 Å². The maximum absolute atomic E-state index is 13.0. The molecule has 1 rings (SSSR count). The fraction of sp³-hybridized carbons (Fsp3) is 0.429. The van der Waals surface area contributed by atoms with E-state index in [0.717, 1.165) is 6.07 Å². The van der Waals surface area contributed by atoms with Gasteiger partial charge < -0.3 is 20.7 Å². The minimum Gasteiger partial charge on any atom is -0.444 e. The van der Waals surface area contributed by atoms with Crippen LogP contribution in [0.3, 0.4) is 0 Å². The van der Waals surface area contributed by atoms with Crippen molar-refractivity contribution in [2.75, 3.05) is 18.4 Å². The van der Waals surface area contributed by atoms with E-state index >= 15 is 0 Å². The number of alkyl carbamates (subject to hydrolysis) is 1. The Morgan fingerprint density at radius 1 is 1.23 bits per heavy atom. The largest absolute Gasteiger partial charge is 0.444 e. The Kier molecular flexibility index (Phi) is 6.42. The van der Waals surface area contributed by atoms with E-state index in [2.05, 4.69) is 16.0 Å². The van der Waals surface area contributed by atoms with Crippen LogP contribution in [0.25, 0.3) is 0 Å². The molecule has 22 heavy (non-hydrogen) atoms. The maximum Gasteiger partial charge on any atom is 0.407 e. The Labute approximate surface area is 133 Å². The molecule has 3 N–H and O–H groups in total. The summed E-state index contributed by atoms with van der Waals surface area (Å²) >= 11 is 5.60. The Bertz CT molecular complexity index is 547. The molecule has 0 bridgehead atoms. The van der Waals surface area contributed by atoms with Crippen molar-refractivity contribution in [1.29, 1.82) is 0 Å². The average Bonchev–Trinajstić information content (AvgIpc) is 2.37. The predicted molar refractivity (Wildman–Crippen MR) is 82.7 cm³/mol. The summed E-state index contributed by atoms with van der Waals surface area (Å²) in [6.45, 7) is 5.69. The highest BCUT2D eigenvalue weighted by Gasteiger charge is 2.15. The number of rotatable bonds is 4. The van der Waals surface area contributed by atoms with Gasteiger partial charge in [0.2, 0.25) is 0 Å². The Morgan fingerprint density at radius 3 is 2.45 bits per heavy atom. The van der Waals surface area contributed by atoms with E-state index in [-0.39, 0.29) is 18.1 Å². The van der Waals surface area contributed by atoms with Crippen LogP contribution in [-0.2, 0) is 4.74 Å². The van der Waals surface area contributed by atoms with Crippen LogP contribution in [0.5, 0.6) is 0 Å². The van der Waals surface area contributed by atoms with E-state index < -0.39 is 23.5 Å². The molecule has 122 valence electrons. The van der Waals surface area contributed by atoms with Crippen LogP contribution in [0.1, 0.15) is 20.8 Å². The molecule has 0 atom stereocenters. The number of carbonyl (C=O) groups excluding carboxylic acids is 2. The van der Waals surface area contributed by atoms with Crippen molar-refractivity contribution in [1.82, 2.24) is 10.6 Å². The van der Waals surface area contributed by atoms with E-state index in [1.807, 2.05) is 0 Å². The second kappa shape index (κ2) is 7.84. The highest BCUT2D eigenvalue weighted by Crippen LogP contribution is 2.19. The summed E-state index contributed by atoms with van der Waals surface area (Å²) in [5.41, 5.74) is -0.208. The van der Waals surface area contributed by atoms with E-state index in [1.165, 1.54) is 12.1 Å². The van der Waals surface area contributed by atoms with Gasteiger partial charge >= 0.3 is 12.1 Å². The molecule has 3 amide bonds. The summed E-state index contributed by atoms with van der Waals surface area (Å²) in [7, 11) is 0. The summed E-state index contributed by atoms with van der Waals surface area (Å²) in [5.74, 6) is -0.561. The van der Waals surface area contributed by atoms with Crippen molar-refractivity contribution < 1.29 is 18.7 Å². The lowest BCUT2D eigenvalue weighted by Gasteiger charge is -2.19. The Balaban J connectivity index is 2.26. The zero-order chi connectivity index (χ0) is 16.8. The number of nitrogens with one attached hydrogen (secondary N) is 3. The third kappa shape index (κ3) is 7.12. The third-order valence-corrected chi connectivity index (χ3v) is 2.55. The molecule has 6 nitrogen and oxygen atoms in total. The quantitative estimate of drug-likeness (QED) is 0.742. The molecule has 0 heterocycles. The van der Waals surface area contributed by atoms with Crippen molar-refractivity contribution in [3.8, 4) is 0 Å². The molecule has 8 heteroatoms. The summed E-state index contributed by atoms with van der Waals surface area (Å²) in [5, 5.41) is 7.44.